The number of fused-ring (bicyclic) bond motifs is 5. The van der Waals surface area contributed by atoms with Crippen LogP contribution in [0.25, 0.3) is 65.3 Å². The highest BCUT2D eigenvalue weighted by Gasteiger charge is 2.22. The molecule has 282 valence electrons. The maximum atomic E-state index is 2.44. The zero-order valence-electron chi connectivity index (χ0n) is 33.0. The fourth-order valence-corrected chi connectivity index (χ4v) is 8.83. The smallest absolute Gasteiger partial charge is 0.0567 e. The summed E-state index contributed by atoms with van der Waals surface area (Å²) in [7, 11) is 0. The standard InChI is InChI=1S/C58H40N2/c1-3-22-51(23-4-1)59(53-26-13-20-46(37-53)48-32-29-41-15-7-9-18-44(41)35-48)55-39-50-34-31-43-17-11-12-28-56(43)58(50)57(40-55)60(52-24-5-2-6-25-52)54-27-14-21-47(38-54)49-33-30-42-16-8-10-19-45(42)36-49/h1-40H. The summed E-state index contributed by atoms with van der Waals surface area (Å²) in [5, 5.41) is 9.74. The first-order valence-corrected chi connectivity index (χ1v) is 20.6. The van der Waals surface area contributed by atoms with Crippen molar-refractivity contribution >= 4 is 77.2 Å². The van der Waals surface area contributed by atoms with Crippen LogP contribution >= 0.6 is 0 Å². The van der Waals surface area contributed by atoms with Crippen LogP contribution in [0.4, 0.5) is 34.1 Å². The number of hydrogen-bond donors (Lipinski definition) is 0. The lowest BCUT2D eigenvalue weighted by molar-refractivity contribution is 1.26. The summed E-state index contributed by atoms with van der Waals surface area (Å²) in [6.07, 6.45) is 0. The van der Waals surface area contributed by atoms with E-state index in [2.05, 4.69) is 252 Å². The molecule has 0 atom stereocenters. The normalized spacial score (nSPS) is 11.3. The van der Waals surface area contributed by atoms with Gasteiger partial charge in [0.05, 0.1) is 5.69 Å². The number of hydrogen-bond acceptors (Lipinski definition) is 2. The van der Waals surface area contributed by atoms with E-state index in [1.807, 2.05) is 0 Å². The van der Waals surface area contributed by atoms with E-state index in [9.17, 15) is 0 Å². The molecule has 0 aliphatic heterocycles. The van der Waals surface area contributed by atoms with Crippen molar-refractivity contribution in [3.63, 3.8) is 0 Å². The fourth-order valence-electron chi connectivity index (χ4n) is 8.83. The Bertz CT molecular complexity index is 3330. The fraction of sp³-hybridized carbons (Fsp3) is 0. The van der Waals surface area contributed by atoms with Gasteiger partial charge in [-0.2, -0.15) is 0 Å². The van der Waals surface area contributed by atoms with Crippen molar-refractivity contribution in [2.24, 2.45) is 0 Å². The monoisotopic (exact) mass is 764 g/mol. The Balaban J connectivity index is 1.15. The first kappa shape index (κ1) is 35.2. The molecule has 0 fully saturated rings. The zero-order chi connectivity index (χ0) is 39.8. The summed E-state index contributed by atoms with van der Waals surface area (Å²) in [5.74, 6) is 0. The van der Waals surface area contributed by atoms with Crippen LogP contribution < -0.4 is 9.80 Å². The molecule has 0 saturated carbocycles. The Morgan fingerprint density at radius 2 is 0.650 bits per heavy atom. The summed E-state index contributed by atoms with van der Waals surface area (Å²) >= 11 is 0. The van der Waals surface area contributed by atoms with Crippen molar-refractivity contribution < 1.29 is 0 Å². The van der Waals surface area contributed by atoms with Gasteiger partial charge < -0.3 is 9.80 Å². The first-order valence-electron chi connectivity index (χ1n) is 20.6. The average molecular weight is 765 g/mol. The Kier molecular flexibility index (Phi) is 8.87. The number of rotatable bonds is 8. The van der Waals surface area contributed by atoms with E-state index in [-0.39, 0.29) is 0 Å². The first-order chi connectivity index (χ1) is 29.7. The number of nitrogens with zero attached hydrogens (tertiary/aromatic N) is 2. The SMILES string of the molecule is c1ccc(N(c2cccc(-c3ccc4ccccc4c3)c2)c2cc(N(c3ccccc3)c3cccc(-c4ccc5ccccc5c4)c3)c3c(ccc4ccccc43)c2)cc1. The molecule has 2 nitrogen and oxygen atoms in total. The summed E-state index contributed by atoms with van der Waals surface area (Å²) in [6, 6.07) is 88.2. The van der Waals surface area contributed by atoms with Gasteiger partial charge in [-0.1, -0.05) is 170 Å². The predicted molar refractivity (Wildman–Crippen MR) is 257 cm³/mol. The zero-order valence-corrected chi connectivity index (χ0v) is 33.0. The highest BCUT2D eigenvalue weighted by molar-refractivity contribution is 6.16. The van der Waals surface area contributed by atoms with Crippen LogP contribution in [0.2, 0.25) is 0 Å². The number of benzene rings is 11. The molecule has 0 N–H and O–H groups in total. The third-order valence-corrected chi connectivity index (χ3v) is 11.7. The minimum atomic E-state index is 1.07. The van der Waals surface area contributed by atoms with Gasteiger partial charge in [-0.15, -0.1) is 0 Å². The summed E-state index contributed by atoms with van der Waals surface area (Å²) < 4.78 is 0. The van der Waals surface area contributed by atoms with E-state index in [0.29, 0.717) is 0 Å². The minimum Gasteiger partial charge on any atom is -0.310 e. The van der Waals surface area contributed by atoms with Crippen molar-refractivity contribution in [1.82, 2.24) is 0 Å². The molecule has 0 aliphatic rings. The summed E-state index contributed by atoms with van der Waals surface area (Å²) in [5.41, 5.74) is 11.2. The van der Waals surface area contributed by atoms with E-state index in [4.69, 9.17) is 0 Å². The Labute approximate surface area is 350 Å². The van der Waals surface area contributed by atoms with Crippen LogP contribution in [-0.4, -0.2) is 0 Å². The van der Waals surface area contributed by atoms with E-state index >= 15 is 0 Å². The van der Waals surface area contributed by atoms with Crippen LogP contribution in [0.15, 0.2) is 243 Å². The number of anilines is 6. The highest BCUT2D eigenvalue weighted by atomic mass is 15.2. The second-order valence-electron chi connectivity index (χ2n) is 15.4. The molecule has 0 bridgehead atoms. The van der Waals surface area contributed by atoms with Gasteiger partial charge in [0, 0.05) is 33.8 Å². The topological polar surface area (TPSA) is 6.48 Å². The van der Waals surface area contributed by atoms with E-state index in [0.717, 1.165) is 34.1 Å². The maximum Gasteiger partial charge on any atom is 0.0567 e. The van der Waals surface area contributed by atoms with Gasteiger partial charge in [-0.3, -0.25) is 0 Å². The lowest BCUT2D eigenvalue weighted by Crippen LogP contribution is -2.14. The van der Waals surface area contributed by atoms with Gasteiger partial charge in [0.2, 0.25) is 0 Å². The molecule has 0 spiro atoms. The van der Waals surface area contributed by atoms with Crippen LogP contribution in [-0.2, 0) is 0 Å². The van der Waals surface area contributed by atoms with Gasteiger partial charge in [0.1, 0.15) is 0 Å². The molecular weight excluding hydrogens is 725 g/mol. The van der Waals surface area contributed by atoms with E-state index < -0.39 is 0 Å². The summed E-state index contributed by atoms with van der Waals surface area (Å²) in [4.78, 5) is 4.84. The van der Waals surface area contributed by atoms with Crippen LogP contribution in [0.5, 0.6) is 0 Å². The molecule has 11 aromatic carbocycles. The van der Waals surface area contributed by atoms with Gasteiger partial charge in [0.25, 0.3) is 0 Å². The molecule has 60 heavy (non-hydrogen) atoms. The quantitative estimate of drug-likeness (QED) is 0.142. The molecule has 11 rings (SSSR count). The molecule has 0 unspecified atom stereocenters. The van der Waals surface area contributed by atoms with Crippen LogP contribution in [0.3, 0.4) is 0 Å². The molecule has 11 aromatic rings. The minimum absolute atomic E-state index is 1.07. The third kappa shape index (κ3) is 6.51. The second-order valence-corrected chi connectivity index (χ2v) is 15.4. The summed E-state index contributed by atoms with van der Waals surface area (Å²) in [6.45, 7) is 0. The molecule has 0 heterocycles. The van der Waals surface area contributed by atoms with E-state index in [1.54, 1.807) is 0 Å². The molecule has 0 aliphatic carbocycles. The van der Waals surface area contributed by atoms with Crippen molar-refractivity contribution in [2.45, 2.75) is 0 Å². The Morgan fingerprint density at radius 1 is 0.217 bits per heavy atom. The van der Waals surface area contributed by atoms with Crippen molar-refractivity contribution in [3.05, 3.63) is 243 Å². The van der Waals surface area contributed by atoms with Gasteiger partial charge in [-0.25, -0.2) is 0 Å². The van der Waals surface area contributed by atoms with E-state index in [1.165, 1.54) is 65.3 Å². The lowest BCUT2D eigenvalue weighted by atomic mass is 9.97. The molecule has 0 saturated heterocycles. The maximum absolute atomic E-state index is 2.44. The third-order valence-electron chi connectivity index (χ3n) is 11.7. The lowest BCUT2D eigenvalue weighted by Gasteiger charge is -2.31. The molecule has 0 aromatic heterocycles. The highest BCUT2D eigenvalue weighted by Crippen LogP contribution is 2.47. The molecular formula is C58H40N2. The van der Waals surface area contributed by atoms with Crippen LogP contribution in [0, 0.1) is 0 Å². The van der Waals surface area contributed by atoms with Crippen molar-refractivity contribution in [3.8, 4) is 22.3 Å². The molecule has 0 amide bonds. The predicted octanol–water partition coefficient (Wildman–Crippen LogP) is 16.6. The van der Waals surface area contributed by atoms with Gasteiger partial charge >= 0.3 is 0 Å². The molecule has 0 radical (unpaired) electrons. The Morgan fingerprint density at radius 3 is 1.25 bits per heavy atom. The van der Waals surface area contributed by atoms with Gasteiger partial charge in [-0.05, 0) is 133 Å². The number of para-hydroxylation sites is 2. The second kappa shape index (κ2) is 15.1. The average Bonchev–Trinajstić information content (AvgIpc) is 3.32. The van der Waals surface area contributed by atoms with Crippen molar-refractivity contribution in [1.29, 1.82) is 0 Å². The molecule has 2 heteroatoms. The van der Waals surface area contributed by atoms with Crippen LogP contribution in [0.1, 0.15) is 0 Å². The van der Waals surface area contributed by atoms with Crippen molar-refractivity contribution in [2.75, 3.05) is 9.80 Å². The largest absolute Gasteiger partial charge is 0.310 e. The van der Waals surface area contributed by atoms with Gasteiger partial charge in [0.15, 0.2) is 0 Å². The Hall–Kier alpha value is -7.94.